The molecule has 1 aromatic rings. The summed E-state index contributed by atoms with van der Waals surface area (Å²) >= 11 is 5.69. The van der Waals surface area contributed by atoms with E-state index in [1.165, 1.54) is 25.0 Å². The van der Waals surface area contributed by atoms with E-state index in [-0.39, 0.29) is 16.5 Å². The number of halogens is 2. The number of hydrogen-bond acceptors (Lipinski definition) is 2. The van der Waals surface area contributed by atoms with Gasteiger partial charge in [0.2, 0.25) is 0 Å². The minimum absolute atomic E-state index is 0.0329. The molecule has 1 saturated heterocycles. The summed E-state index contributed by atoms with van der Waals surface area (Å²) in [7, 11) is 0. The highest BCUT2D eigenvalue weighted by atomic mass is 35.5. The molecule has 1 spiro atoms. The fourth-order valence-electron chi connectivity index (χ4n) is 3.67. The summed E-state index contributed by atoms with van der Waals surface area (Å²) in [5.41, 5.74) is 0.585. The molecule has 2 nitrogen and oxygen atoms in total. The number of benzene rings is 1. The first kappa shape index (κ1) is 14.3. The molecule has 1 N–H and O–H groups in total. The van der Waals surface area contributed by atoms with E-state index >= 15 is 0 Å². The second kappa shape index (κ2) is 5.63. The van der Waals surface area contributed by atoms with Gasteiger partial charge in [-0.3, -0.25) is 0 Å². The summed E-state index contributed by atoms with van der Waals surface area (Å²) in [4.78, 5) is 0. The fourth-order valence-corrected chi connectivity index (χ4v) is 3.79. The van der Waals surface area contributed by atoms with Crippen molar-refractivity contribution in [3.05, 3.63) is 34.6 Å². The summed E-state index contributed by atoms with van der Waals surface area (Å²) in [5.74, 6) is -0.326. The van der Waals surface area contributed by atoms with E-state index in [0.717, 1.165) is 25.7 Å². The lowest BCUT2D eigenvalue weighted by Gasteiger charge is -2.40. The molecule has 0 amide bonds. The molecule has 20 heavy (non-hydrogen) atoms. The van der Waals surface area contributed by atoms with Crippen LogP contribution >= 0.6 is 11.6 Å². The molecule has 2 atom stereocenters. The van der Waals surface area contributed by atoms with Crippen LogP contribution in [0.1, 0.15) is 50.2 Å². The maximum atomic E-state index is 13.5. The normalized spacial score (nSPS) is 26.9. The van der Waals surface area contributed by atoms with E-state index in [0.29, 0.717) is 12.2 Å². The van der Waals surface area contributed by atoms with Crippen LogP contribution in [0, 0.1) is 11.7 Å². The third-order valence-corrected chi connectivity index (χ3v) is 5.08. The number of rotatable bonds is 2. The number of aliphatic hydroxyl groups excluding tert-OH is 1. The van der Waals surface area contributed by atoms with Crippen LogP contribution < -0.4 is 0 Å². The van der Waals surface area contributed by atoms with Gasteiger partial charge in [0, 0.05) is 6.61 Å². The van der Waals surface area contributed by atoms with E-state index in [9.17, 15) is 9.50 Å². The van der Waals surface area contributed by atoms with Crippen molar-refractivity contribution in [3.8, 4) is 0 Å². The topological polar surface area (TPSA) is 29.5 Å². The Labute approximate surface area is 123 Å². The van der Waals surface area contributed by atoms with Crippen LogP contribution in [-0.4, -0.2) is 17.3 Å². The van der Waals surface area contributed by atoms with Crippen LogP contribution in [0.25, 0.3) is 0 Å². The molecule has 0 bridgehead atoms. The third kappa shape index (κ3) is 2.72. The lowest BCUT2D eigenvalue weighted by molar-refractivity contribution is -0.113. The largest absolute Gasteiger partial charge is 0.388 e. The van der Waals surface area contributed by atoms with Crippen LogP contribution in [0.5, 0.6) is 0 Å². The maximum absolute atomic E-state index is 13.5. The van der Waals surface area contributed by atoms with E-state index < -0.39 is 11.9 Å². The first-order valence-electron chi connectivity index (χ1n) is 7.37. The number of ether oxygens (including phenoxy) is 1. The predicted octanol–water partition coefficient (Wildman–Crippen LogP) is 4.25. The minimum atomic E-state index is -0.636. The molecule has 2 aliphatic rings. The van der Waals surface area contributed by atoms with Gasteiger partial charge in [-0.15, -0.1) is 0 Å². The first-order chi connectivity index (χ1) is 9.60. The maximum Gasteiger partial charge on any atom is 0.142 e. The van der Waals surface area contributed by atoms with Crippen molar-refractivity contribution >= 4 is 11.6 Å². The van der Waals surface area contributed by atoms with Gasteiger partial charge in [0.25, 0.3) is 0 Å². The second-order valence-corrected chi connectivity index (χ2v) is 6.52. The second-order valence-electron chi connectivity index (χ2n) is 6.11. The molecule has 110 valence electrons. The van der Waals surface area contributed by atoms with Gasteiger partial charge in [-0.25, -0.2) is 4.39 Å². The van der Waals surface area contributed by atoms with E-state index in [1.807, 2.05) is 0 Å². The molecule has 2 fully saturated rings. The van der Waals surface area contributed by atoms with Gasteiger partial charge in [0.1, 0.15) is 5.82 Å². The molecule has 1 aliphatic heterocycles. The van der Waals surface area contributed by atoms with Crippen molar-refractivity contribution in [2.24, 2.45) is 5.92 Å². The van der Waals surface area contributed by atoms with Crippen molar-refractivity contribution in [3.63, 3.8) is 0 Å². The Morgan fingerprint density at radius 1 is 1.35 bits per heavy atom. The van der Waals surface area contributed by atoms with Gasteiger partial charge >= 0.3 is 0 Å². The van der Waals surface area contributed by atoms with Crippen molar-refractivity contribution in [1.82, 2.24) is 0 Å². The van der Waals surface area contributed by atoms with Crippen LogP contribution in [0.15, 0.2) is 18.2 Å². The predicted molar refractivity (Wildman–Crippen MR) is 76.2 cm³/mol. The zero-order valence-electron chi connectivity index (χ0n) is 11.4. The monoisotopic (exact) mass is 298 g/mol. The van der Waals surface area contributed by atoms with Crippen LogP contribution in [0.4, 0.5) is 4.39 Å². The molecular formula is C16H20ClFO2. The van der Waals surface area contributed by atoms with Crippen LogP contribution in [-0.2, 0) is 4.74 Å². The Balaban J connectivity index is 1.75. The molecule has 1 aromatic carbocycles. The summed E-state index contributed by atoms with van der Waals surface area (Å²) in [5, 5.41) is 10.6. The highest BCUT2D eigenvalue weighted by Gasteiger charge is 2.42. The van der Waals surface area contributed by atoms with Crippen molar-refractivity contribution < 1.29 is 14.2 Å². The van der Waals surface area contributed by atoms with Crippen LogP contribution in [0.2, 0.25) is 5.02 Å². The van der Waals surface area contributed by atoms with Crippen molar-refractivity contribution in [1.29, 1.82) is 0 Å². The zero-order valence-corrected chi connectivity index (χ0v) is 12.2. The molecule has 1 saturated carbocycles. The molecule has 4 heteroatoms. The SMILES string of the molecule is OC(c1ccc(Cl)c(F)c1)C1CCOC2(CCCC2)C1. The Bertz CT molecular complexity index is 485. The van der Waals surface area contributed by atoms with Gasteiger partial charge in [0.15, 0.2) is 0 Å². The highest BCUT2D eigenvalue weighted by Crippen LogP contribution is 2.45. The third-order valence-electron chi connectivity index (χ3n) is 4.78. The Kier molecular flexibility index (Phi) is 4.02. The summed E-state index contributed by atoms with van der Waals surface area (Å²) in [6.07, 6.45) is 5.65. The molecule has 1 heterocycles. The number of aliphatic hydroxyl groups is 1. The summed E-state index contributed by atoms with van der Waals surface area (Å²) in [6, 6.07) is 4.58. The van der Waals surface area contributed by atoms with E-state index in [4.69, 9.17) is 16.3 Å². The quantitative estimate of drug-likeness (QED) is 0.884. The fraction of sp³-hybridized carbons (Fsp3) is 0.625. The van der Waals surface area contributed by atoms with Gasteiger partial charge in [0.05, 0.1) is 16.7 Å². The Hall–Kier alpha value is -0.640. The van der Waals surface area contributed by atoms with Gasteiger partial charge in [-0.2, -0.15) is 0 Å². The van der Waals surface area contributed by atoms with Gasteiger partial charge < -0.3 is 9.84 Å². The standard InChI is InChI=1S/C16H20ClFO2/c17-13-4-3-11(9-14(13)18)15(19)12-5-8-20-16(10-12)6-1-2-7-16/h3-4,9,12,15,19H,1-2,5-8,10H2. The number of hydrogen-bond donors (Lipinski definition) is 1. The lowest BCUT2D eigenvalue weighted by Crippen LogP contribution is -2.39. The lowest BCUT2D eigenvalue weighted by atomic mass is 9.80. The van der Waals surface area contributed by atoms with Crippen molar-refractivity contribution in [2.45, 2.75) is 50.2 Å². The highest BCUT2D eigenvalue weighted by molar-refractivity contribution is 6.30. The Morgan fingerprint density at radius 3 is 2.80 bits per heavy atom. The minimum Gasteiger partial charge on any atom is -0.388 e. The van der Waals surface area contributed by atoms with Gasteiger partial charge in [-0.05, 0) is 49.3 Å². The van der Waals surface area contributed by atoms with Crippen LogP contribution in [0.3, 0.4) is 0 Å². The summed E-state index contributed by atoms with van der Waals surface area (Å²) < 4.78 is 19.5. The Morgan fingerprint density at radius 2 is 2.10 bits per heavy atom. The molecule has 2 unspecified atom stereocenters. The smallest absolute Gasteiger partial charge is 0.142 e. The molecular weight excluding hydrogens is 279 g/mol. The average Bonchev–Trinajstić information content (AvgIpc) is 2.89. The van der Waals surface area contributed by atoms with Gasteiger partial charge in [-0.1, -0.05) is 30.5 Å². The van der Waals surface area contributed by atoms with Crippen molar-refractivity contribution in [2.75, 3.05) is 6.61 Å². The molecule has 0 aromatic heterocycles. The van der Waals surface area contributed by atoms with E-state index in [2.05, 4.69) is 0 Å². The molecule has 0 radical (unpaired) electrons. The molecule has 3 rings (SSSR count). The molecule has 1 aliphatic carbocycles. The van der Waals surface area contributed by atoms with E-state index in [1.54, 1.807) is 6.07 Å². The average molecular weight is 299 g/mol. The first-order valence-corrected chi connectivity index (χ1v) is 7.74. The summed E-state index contributed by atoms with van der Waals surface area (Å²) in [6.45, 7) is 0.692. The zero-order chi connectivity index (χ0) is 14.2.